The van der Waals surface area contributed by atoms with Gasteiger partial charge in [-0.25, -0.2) is 4.39 Å². The van der Waals surface area contributed by atoms with Crippen LogP contribution in [0.1, 0.15) is 31.4 Å². The zero-order valence-electron chi connectivity index (χ0n) is 14.0. The Labute approximate surface area is 142 Å². The van der Waals surface area contributed by atoms with E-state index in [-0.39, 0.29) is 11.9 Å². The zero-order chi connectivity index (χ0) is 17.5. The molecule has 2 aromatic carbocycles. The highest BCUT2D eigenvalue weighted by Gasteiger charge is 2.09. The van der Waals surface area contributed by atoms with Crippen molar-refractivity contribution in [3.63, 3.8) is 0 Å². The van der Waals surface area contributed by atoms with Crippen molar-refractivity contribution in [1.82, 2.24) is 0 Å². The third-order valence-electron chi connectivity index (χ3n) is 3.66. The summed E-state index contributed by atoms with van der Waals surface area (Å²) < 4.78 is 24.5. The van der Waals surface area contributed by atoms with Gasteiger partial charge in [0.25, 0.3) is 0 Å². The second-order valence-electron chi connectivity index (χ2n) is 5.43. The minimum absolute atomic E-state index is 0.0854. The highest BCUT2D eigenvalue weighted by atomic mass is 19.1. The highest BCUT2D eigenvalue weighted by molar-refractivity contribution is 5.89. The summed E-state index contributed by atoms with van der Waals surface area (Å²) in [6, 6.07) is 13.5. The molecule has 0 aromatic heterocycles. The molecule has 0 saturated carbocycles. The average Bonchev–Trinajstić information content (AvgIpc) is 2.60. The largest absolute Gasteiger partial charge is 0.493 e. The molecule has 0 fully saturated rings. The molecule has 0 bridgehead atoms. The van der Waals surface area contributed by atoms with E-state index in [1.54, 1.807) is 31.4 Å². The van der Waals surface area contributed by atoms with Gasteiger partial charge in [-0.15, -0.1) is 0 Å². The summed E-state index contributed by atoms with van der Waals surface area (Å²) in [7, 11) is 1.57. The molecule has 0 aliphatic heterocycles. The number of hydrogen-bond donors (Lipinski definition) is 0. The summed E-state index contributed by atoms with van der Waals surface area (Å²) in [5, 5.41) is 9.37. The minimum Gasteiger partial charge on any atom is -0.493 e. The lowest BCUT2D eigenvalue weighted by molar-refractivity contribution is 0.207. The van der Waals surface area contributed by atoms with Crippen LogP contribution < -0.4 is 9.47 Å². The summed E-state index contributed by atoms with van der Waals surface area (Å²) in [4.78, 5) is 0. The van der Waals surface area contributed by atoms with E-state index >= 15 is 0 Å². The number of nitrogens with zero attached hydrogens (tertiary/aromatic N) is 1. The molecule has 0 saturated heterocycles. The molecule has 2 aromatic rings. The number of halogens is 1. The van der Waals surface area contributed by atoms with E-state index in [1.165, 1.54) is 12.1 Å². The van der Waals surface area contributed by atoms with Crippen LogP contribution in [0.15, 0.2) is 42.5 Å². The number of ether oxygens (including phenoxy) is 2. The van der Waals surface area contributed by atoms with E-state index in [1.807, 2.05) is 26.0 Å². The fourth-order valence-electron chi connectivity index (χ4n) is 2.17. The second kappa shape index (κ2) is 8.16. The van der Waals surface area contributed by atoms with Crippen molar-refractivity contribution >= 4 is 11.6 Å². The van der Waals surface area contributed by atoms with Crippen LogP contribution in [0.5, 0.6) is 11.5 Å². The van der Waals surface area contributed by atoms with Gasteiger partial charge in [-0.05, 0) is 54.8 Å². The molecule has 0 amide bonds. The molecular formula is C20H20FNO2. The van der Waals surface area contributed by atoms with Crippen molar-refractivity contribution in [2.75, 3.05) is 7.11 Å². The van der Waals surface area contributed by atoms with Crippen molar-refractivity contribution in [3.8, 4) is 17.6 Å². The maximum Gasteiger partial charge on any atom is 0.161 e. The number of allylic oxidation sites excluding steroid dienone is 1. The molecule has 0 radical (unpaired) electrons. The molecule has 24 heavy (non-hydrogen) atoms. The lowest BCUT2D eigenvalue weighted by Crippen LogP contribution is -2.10. The van der Waals surface area contributed by atoms with E-state index in [9.17, 15) is 9.65 Å². The first-order valence-corrected chi connectivity index (χ1v) is 7.79. The number of benzene rings is 2. The first kappa shape index (κ1) is 17.6. The molecule has 2 rings (SSSR count). The number of hydrogen-bond acceptors (Lipinski definition) is 3. The Bertz CT molecular complexity index is 777. The van der Waals surface area contributed by atoms with Crippen LogP contribution in [0.3, 0.4) is 0 Å². The Morgan fingerprint density at radius 1 is 1.25 bits per heavy atom. The number of nitriles is 1. The van der Waals surface area contributed by atoms with Gasteiger partial charge in [0.05, 0.1) is 24.9 Å². The standard InChI is InChI=1S/C20H20FNO2/c1-4-14(2)24-19-9-8-15(11-20(19)23-3)10-17(13-22)16-6-5-7-18(21)12-16/h5-12,14H,4H2,1-3H3/b17-10-/t14-/m0/s1. The molecule has 0 unspecified atom stereocenters. The van der Waals surface area contributed by atoms with Crippen molar-refractivity contribution in [2.24, 2.45) is 0 Å². The smallest absolute Gasteiger partial charge is 0.161 e. The summed E-state index contributed by atoms with van der Waals surface area (Å²) in [5.41, 5.74) is 1.70. The van der Waals surface area contributed by atoms with Crippen LogP contribution in [0, 0.1) is 17.1 Å². The van der Waals surface area contributed by atoms with Crippen molar-refractivity contribution in [2.45, 2.75) is 26.4 Å². The molecule has 3 nitrogen and oxygen atoms in total. The van der Waals surface area contributed by atoms with Gasteiger partial charge in [-0.1, -0.05) is 25.1 Å². The highest BCUT2D eigenvalue weighted by Crippen LogP contribution is 2.31. The van der Waals surface area contributed by atoms with Crippen LogP contribution in [0.4, 0.5) is 4.39 Å². The van der Waals surface area contributed by atoms with Crippen LogP contribution in [-0.4, -0.2) is 13.2 Å². The van der Waals surface area contributed by atoms with E-state index in [0.29, 0.717) is 22.6 Å². The lowest BCUT2D eigenvalue weighted by atomic mass is 10.0. The summed E-state index contributed by atoms with van der Waals surface area (Å²) in [6.07, 6.45) is 2.68. The Hall–Kier alpha value is -2.80. The molecule has 0 aliphatic rings. The van der Waals surface area contributed by atoms with E-state index in [4.69, 9.17) is 9.47 Å². The van der Waals surface area contributed by atoms with Crippen molar-refractivity contribution < 1.29 is 13.9 Å². The van der Waals surface area contributed by atoms with Crippen molar-refractivity contribution in [3.05, 3.63) is 59.4 Å². The Kier molecular flexibility index (Phi) is 5.97. The van der Waals surface area contributed by atoms with Gasteiger partial charge in [0.15, 0.2) is 11.5 Å². The molecular weight excluding hydrogens is 305 g/mol. The molecule has 0 spiro atoms. The Balaban J connectivity index is 2.36. The van der Waals surface area contributed by atoms with Gasteiger partial charge in [0.2, 0.25) is 0 Å². The normalized spacial score (nSPS) is 12.4. The van der Waals surface area contributed by atoms with Crippen LogP contribution in [-0.2, 0) is 0 Å². The molecule has 124 valence electrons. The minimum atomic E-state index is -0.372. The quantitative estimate of drug-likeness (QED) is 0.549. The van der Waals surface area contributed by atoms with Crippen LogP contribution in [0.2, 0.25) is 0 Å². The summed E-state index contributed by atoms with van der Waals surface area (Å²) in [6.45, 7) is 4.04. The average molecular weight is 325 g/mol. The Morgan fingerprint density at radius 2 is 2.04 bits per heavy atom. The topological polar surface area (TPSA) is 42.2 Å². The molecule has 0 heterocycles. The monoisotopic (exact) mass is 325 g/mol. The van der Waals surface area contributed by atoms with Gasteiger partial charge in [0, 0.05) is 0 Å². The predicted octanol–water partition coefficient (Wildman–Crippen LogP) is 5.08. The summed E-state index contributed by atoms with van der Waals surface area (Å²) in [5.74, 6) is 0.886. The van der Waals surface area contributed by atoms with Crippen LogP contribution in [0.25, 0.3) is 11.6 Å². The third kappa shape index (κ3) is 4.36. The second-order valence-corrected chi connectivity index (χ2v) is 5.43. The molecule has 4 heteroatoms. The maximum absolute atomic E-state index is 13.4. The predicted molar refractivity (Wildman–Crippen MR) is 93.3 cm³/mol. The maximum atomic E-state index is 13.4. The summed E-state index contributed by atoms with van der Waals surface area (Å²) >= 11 is 0. The van der Waals surface area contributed by atoms with Gasteiger partial charge in [-0.2, -0.15) is 5.26 Å². The van der Waals surface area contributed by atoms with Gasteiger partial charge < -0.3 is 9.47 Å². The molecule has 0 aliphatic carbocycles. The zero-order valence-corrected chi connectivity index (χ0v) is 14.0. The van der Waals surface area contributed by atoms with E-state index in [2.05, 4.69) is 6.07 Å². The first-order valence-electron chi connectivity index (χ1n) is 7.79. The molecule has 0 N–H and O–H groups in total. The van der Waals surface area contributed by atoms with Gasteiger partial charge in [0.1, 0.15) is 5.82 Å². The van der Waals surface area contributed by atoms with Crippen molar-refractivity contribution in [1.29, 1.82) is 5.26 Å². The fraction of sp³-hybridized carbons (Fsp3) is 0.250. The third-order valence-corrected chi connectivity index (χ3v) is 3.66. The van der Waals surface area contributed by atoms with Gasteiger partial charge >= 0.3 is 0 Å². The van der Waals surface area contributed by atoms with E-state index in [0.717, 1.165) is 12.0 Å². The number of methoxy groups -OCH3 is 1. The SMILES string of the molecule is CC[C@H](C)Oc1ccc(/C=C(/C#N)c2cccc(F)c2)cc1OC. The Morgan fingerprint density at radius 3 is 2.67 bits per heavy atom. The molecule has 1 atom stereocenters. The number of rotatable bonds is 6. The first-order chi connectivity index (χ1) is 11.6. The van der Waals surface area contributed by atoms with Gasteiger partial charge in [-0.3, -0.25) is 0 Å². The fourth-order valence-corrected chi connectivity index (χ4v) is 2.17. The van der Waals surface area contributed by atoms with Crippen LogP contribution >= 0.6 is 0 Å². The van der Waals surface area contributed by atoms with E-state index < -0.39 is 0 Å². The lowest BCUT2D eigenvalue weighted by Gasteiger charge is -2.15.